The fourth-order valence-electron chi connectivity index (χ4n) is 1.69. The topological polar surface area (TPSA) is 74.1 Å². The van der Waals surface area contributed by atoms with Crippen LogP contribution in [0.15, 0.2) is 18.2 Å². The Bertz CT molecular complexity index is 518. The second-order valence-corrected chi connectivity index (χ2v) is 3.99. The molecule has 0 saturated heterocycles. The quantitative estimate of drug-likeness (QED) is 0.816. The van der Waals surface area contributed by atoms with Crippen molar-refractivity contribution >= 4 is 0 Å². The fraction of sp³-hybridized carbons (Fsp3) is 0.417. The van der Waals surface area contributed by atoms with Gasteiger partial charge in [0.2, 0.25) is 0 Å². The lowest BCUT2D eigenvalue weighted by Gasteiger charge is -2.07. The molecule has 1 heterocycles. The van der Waals surface area contributed by atoms with Crippen molar-refractivity contribution in [2.45, 2.75) is 13.1 Å². The molecule has 0 radical (unpaired) electrons. The first-order valence-electron chi connectivity index (χ1n) is 5.88. The number of hydrogen-bond acceptors (Lipinski definition) is 6. The molecular formula is C12H17N5O2. The van der Waals surface area contributed by atoms with Gasteiger partial charge in [-0.05, 0) is 30.0 Å². The van der Waals surface area contributed by atoms with E-state index in [-0.39, 0.29) is 0 Å². The molecule has 2 aromatic rings. The van der Waals surface area contributed by atoms with Crippen LogP contribution in [-0.4, -0.2) is 41.5 Å². The average Bonchev–Trinajstić information content (AvgIpc) is 2.86. The normalized spacial score (nSPS) is 10.5. The second kappa shape index (κ2) is 6.14. The Kier molecular flexibility index (Phi) is 4.30. The van der Waals surface area contributed by atoms with Gasteiger partial charge in [-0.2, -0.15) is 4.80 Å². The van der Waals surface area contributed by atoms with Gasteiger partial charge in [0.1, 0.15) is 11.5 Å². The summed E-state index contributed by atoms with van der Waals surface area (Å²) in [5.74, 6) is 2.15. The molecule has 0 fully saturated rings. The molecule has 1 aromatic heterocycles. The maximum absolute atomic E-state index is 5.22. The van der Waals surface area contributed by atoms with Crippen LogP contribution < -0.4 is 14.8 Å². The predicted molar refractivity (Wildman–Crippen MR) is 69.2 cm³/mol. The lowest BCUT2D eigenvalue weighted by molar-refractivity contribution is 0.392. The first-order valence-corrected chi connectivity index (χ1v) is 5.88. The lowest BCUT2D eigenvalue weighted by atomic mass is 10.2. The molecule has 102 valence electrons. The van der Waals surface area contributed by atoms with Crippen LogP contribution in [0.1, 0.15) is 11.4 Å². The Labute approximate surface area is 111 Å². The number of methoxy groups -OCH3 is 2. The van der Waals surface area contributed by atoms with E-state index in [2.05, 4.69) is 20.7 Å². The van der Waals surface area contributed by atoms with E-state index in [9.17, 15) is 0 Å². The average molecular weight is 263 g/mol. The summed E-state index contributed by atoms with van der Waals surface area (Å²) < 4.78 is 10.4. The molecule has 0 atom stereocenters. The van der Waals surface area contributed by atoms with E-state index in [0.29, 0.717) is 18.9 Å². The molecule has 0 spiro atoms. The fourth-order valence-corrected chi connectivity index (χ4v) is 1.69. The lowest BCUT2D eigenvalue weighted by Crippen LogP contribution is -2.08. The van der Waals surface area contributed by atoms with Crippen molar-refractivity contribution in [3.63, 3.8) is 0 Å². The Morgan fingerprint density at radius 3 is 2.42 bits per heavy atom. The number of hydrogen-bond donors (Lipinski definition) is 1. The van der Waals surface area contributed by atoms with E-state index in [1.165, 1.54) is 0 Å². The van der Waals surface area contributed by atoms with Gasteiger partial charge in [0.25, 0.3) is 0 Å². The maximum atomic E-state index is 5.22. The van der Waals surface area contributed by atoms with Crippen LogP contribution in [-0.2, 0) is 13.1 Å². The van der Waals surface area contributed by atoms with Crippen LogP contribution in [0.5, 0.6) is 11.5 Å². The summed E-state index contributed by atoms with van der Waals surface area (Å²) in [7, 11) is 5.09. The number of ether oxygens (including phenoxy) is 2. The van der Waals surface area contributed by atoms with Crippen LogP contribution in [0.2, 0.25) is 0 Å². The van der Waals surface area contributed by atoms with Gasteiger partial charge >= 0.3 is 0 Å². The molecule has 0 unspecified atom stereocenters. The smallest absolute Gasteiger partial charge is 0.188 e. The van der Waals surface area contributed by atoms with Crippen molar-refractivity contribution < 1.29 is 9.47 Å². The van der Waals surface area contributed by atoms with Gasteiger partial charge in [0.15, 0.2) is 5.82 Å². The molecule has 7 heteroatoms. The second-order valence-electron chi connectivity index (χ2n) is 3.99. The zero-order chi connectivity index (χ0) is 13.7. The summed E-state index contributed by atoms with van der Waals surface area (Å²) in [5, 5.41) is 15.2. The number of benzene rings is 1. The largest absolute Gasteiger partial charge is 0.497 e. The highest BCUT2D eigenvalue weighted by atomic mass is 16.5. The summed E-state index contributed by atoms with van der Waals surface area (Å²) in [6.45, 7) is 1.12. The molecule has 1 N–H and O–H groups in total. The molecule has 0 aliphatic heterocycles. The van der Waals surface area contributed by atoms with E-state index in [4.69, 9.17) is 9.47 Å². The zero-order valence-electron chi connectivity index (χ0n) is 11.3. The molecule has 0 saturated carbocycles. The number of nitrogens with zero attached hydrogens (tertiary/aromatic N) is 4. The summed E-state index contributed by atoms with van der Waals surface area (Å²) in [6.07, 6.45) is 0. The SMILES string of the molecule is CNCc1nnn(Cc2cc(OC)cc(OC)c2)n1. The van der Waals surface area contributed by atoms with E-state index in [1.807, 2.05) is 25.2 Å². The van der Waals surface area contributed by atoms with Gasteiger partial charge in [-0.1, -0.05) is 0 Å². The Morgan fingerprint density at radius 1 is 1.16 bits per heavy atom. The minimum atomic E-state index is 0.518. The first-order chi connectivity index (χ1) is 9.25. The highest BCUT2D eigenvalue weighted by molar-refractivity contribution is 5.38. The van der Waals surface area contributed by atoms with Gasteiger partial charge in [-0.3, -0.25) is 0 Å². The van der Waals surface area contributed by atoms with Crippen LogP contribution in [0.3, 0.4) is 0 Å². The Morgan fingerprint density at radius 2 is 1.84 bits per heavy atom. The number of tetrazole rings is 1. The zero-order valence-corrected chi connectivity index (χ0v) is 11.3. The molecular weight excluding hydrogens is 246 g/mol. The highest BCUT2D eigenvalue weighted by Gasteiger charge is 2.06. The van der Waals surface area contributed by atoms with Gasteiger partial charge in [0, 0.05) is 6.07 Å². The van der Waals surface area contributed by atoms with Crippen LogP contribution in [0.4, 0.5) is 0 Å². The van der Waals surface area contributed by atoms with Crippen molar-refractivity contribution in [2.75, 3.05) is 21.3 Å². The predicted octanol–water partition coefficient (Wildman–Crippen LogP) is 0.458. The third-order valence-corrected chi connectivity index (χ3v) is 2.56. The molecule has 0 aliphatic rings. The minimum Gasteiger partial charge on any atom is -0.497 e. The third kappa shape index (κ3) is 3.41. The maximum Gasteiger partial charge on any atom is 0.188 e. The first kappa shape index (κ1) is 13.3. The molecule has 0 aliphatic carbocycles. The molecule has 7 nitrogen and oxygen atoms in total. The van der Waals surface area contributed by atoms with Crippen molar-refractivity contribution in [2.24, 2.45) is 0 Å². The highest BCUT2D eigenvalue weighted by Crippen LogP contribution is 2.22. The molecule has 0 bridgehead atoms. The summed E-state index contributed by atoms with van der Waals surface area (Å²) in [4.78, 5) is 1.54. The van der Waals surface area contributed by atoms with E-state index in [0.717, 1.165) is 17.1 Å². The van der Waals surface area contributed by atoms with E-state index >= 15 is 0 Å². The number of nitrogens with one attached hydrogen (secondary N) is 1. The van der Waals surface area contributed by atoms with Gasteiger partial charge < -0.3 is 14.8 Å². The monoisotopic (exact) mass is 263 g/mol. The summed E-state index contributed by atoms with van der Waals surface area (Å²) in [6, 6.07) is 5.66. The summed E-state index contributed by atoms with van der Waals surface area (Å²) in [5.41, 5.74) is 0.990. The van der Waals surface area contributed by atoms with Gasteiger partial charge in [0.05, 0.1) is 27.3 Å². The van der Waals surface area contributed by atoms with E-state index in [1.54, 1.807) is 19.0 Å². The van der Waals surface area contributed by atoms with Crippen LogP contribution >= 0.6 is 0 Å². The molecule has 2 rings (SSSR count). The molecule has 1 aromatic carbocycles. The number of rotatable bonds is 6. The minimum absolute atomic E-state index is 0.518. The number of aromatic nitrogens is 4. The Hall–Kier alpha value is -2.15. The van der Waals surface area contributed by atoms with Gasteiger partial charge in [-0.25, -0.2) is 0 Å². The van der Waals surface area contributed by atoms with Crippen molar-refractivity contribution in [3.8, 4) is 11.5 Å². The van der Waals surface area contributed by atoms with E-state index < -0.39 is 0 Å². The van der Waals surface area contributed by atoms with Crippen molar-refractivity contribution in [1.82, 2.24) is 25.5 Å². The van der Waals surface area contributed by atoms with Gasteiger partial charge in [-0.15, -0.1) is 10.2 Å². The molecule has 0 amide bonds. The summed E-state index contributed by atoms with van der Waals surface area (Å²) >= 11 is 0. The third-order valence-electron chi connectivity index (χ3n) is 2.56. The van der Waals surface area contributed by atoms with Crippen molar-refractivity contribution in [1.29, 1.82) is 0 Å². The molecule has 19 heavy (non-hydrogen) atoms. The van der Waals surface area contributed by atoms with Crippen molar-refractivity contribution in [3.05, 3.63) is 29.6 Å². The van der Waals surface area contributed by atoms with Crippen LogP contribution in [0, 0.1) is 0 Å². The standard InChI is InChI=1S/C12H17N5O2/c1-13-7-12-14-16-17(15-12)8-9-4-10(18-2)6-11(5-9)19-3/h4-6,13H,7-8H2,1-3H3. The Balaban J connectivity index is 2.16. The van der Waals surface area contributed by atoms with Crippen LogP contribution in [0.25, 0.3) is 0 Å².